The smallest absolute Gasteiger partial charge is 0.291 e. The van der Waals surface area contributed by atoms with Gasteiger partial charge in [0.25, 0.3) is 5.91 Å². The zero-order valence-electron chi connectivity index (χ0n) is 22.0. The summed E-state index contributed by atoms with van der Waals surface area (Å²) in [6.45, 7) is 4.79. The molecule has 6 nitrogen and oxygen atoms in total. The minimum Gasteiger partial charge on any atom is -0.486 e. The molecule has 0 saturated heterocycles. The van der Waals surface area contributed by atoms with Crippen LogP contribution in [0.5, 0.6) is 5.75 Å². The fourth-order valence-electron chi connectivity index (χ4n) is 4.87. The van der Waals surface area contributed by atoms with Gasteiger partial charge < -0.3 is 19.4 Å². The van der Waals surface area contributed by atoms with Crippen LogP contribution in [0.15, 0.2) is 89.3 Å². The van der Waals surface area contributed by atoms with E-state index < -0.39 is 0 Å². The first-order chi connectivity index (χ1) is 18.9. The van der Waals surface area contributed by atoms with E-state index in [1.54, 1.807) is 36.4 Å². The van der Waals surface area contributed by atoms with E-state index in [-0.39, 0.29) is 42.0 Å². The lowest BCUT2D eigenvalue weighted by Crippen LogP contribution is -2.41. The Morgan fingerprint density at radius 1 is 1.03 bits per heavy atom. The van der Waals surface area contributed by atoms with Gasteiger partial charge in [-0.15, -0.1) is 0 Å². The average molecular weight is 527 g/mol. The van der Waals surface area contributed by atoms with Crippen LogP contribution < -0.4 is 10.1 Å². The molecular weight excluding hydrogens is 495 g/mol. The van der Waals surface area contributed by atoms with E-state index in [0.717, 1.165) is 23.1 Å². The number of carbonyl (C=O) groups is 2. The highest BCUT2D eigenvalue weighted by Crippen LogP contribution is 2.38. The number of ether oxygens (including phenoxy) is 1. The van der Waals surface area contributed by atoms with Gasteiger partial charge in [0.2, 0.25) is 5.91 Å². The highest BCUT2D eigenvalue weighted by molar-refractivity contribution is 6.02. The summed E-state index contributed by atoms with van der Waals surface area (Å²) in [7, 11) is 0. The zero-order chi connectivity index (χ0) is 27.4. The standard InChI is InChI=1S/C32H31FN2O4/c1-21(2)18-30(36)35-17-16-22-10-13-26(19-28(22)31(35)23-8-11-24(33)12-9-23)38-20-27-14-15-29(39-27)32(37)34-25-6-4-3-5-7-25/h3-15,19,21,31H,16-18,20H2,1-2H3,(H,34,37). The first-order valence-corrected chi connectivity index (χ1v) is 13.1. The van der Waals surface area contributed by atoms with Gasteiger partial charge in [-0.05, 0) is 77.6 Å². The van der Waals surface area contributed by atoms with Gasteiger partial charge in [0.15, 0.2) is 5.76 Å². The minimum atomic E-state index is -0.338. The molecule has 1 N–H and O–H groups in total. The predicted octanol–water partition coefficient (Wildman–Crippen LogP) is 6.77. The second-order valence-electron chi connectivity index (χ2n) is 10.1. The number of hydrogen-bond acceptors (Lipinski definition) is 4. The maximum atomic E-state index is 13.7. The topological polar surface area (TPSA) is 71.8 Å². The van der Waals surface area contributed by atoms with Crippen molar-refractivity contribution in [2.75, 3.05) is 11.9 Å². The Kier molecular flexibility index (Phi) is 7.77. The molecule has 0 fully saturated rings. The van der Waals surface area contributed by atoms with Crippen molar-refractivity contribution in [2.45, 2.75) is 39.3 Å². The summed E-state index contributed by atoms with van der Waals surface area (Å²) in [6, 6.07) is 24.4. The number of nitrogens with zero attached hydrogens (tertiary/aromatic N) is 1. The summed E-state index contributed by atoms with van der Waals surface area (Å²) in [5.41, 5.74) is 3.63. The van der Waals surface area contributed by atoms with Gasteiger partial charge >= 0.3 is 0 Å². The number of para-hydroxylation sites is 1. The highest BCUT2D eigenvalue weighted by atomic mass is 19.1. The molecule has 2 amide bonds. The summed E-state index contributed by atoms with van der Waals surface area (Å²) >= 11 is 0. The van der Waals surface area contributed by atoms with Crippen LogP contribution in [0.3, 0.4) is 0 Å². The third-order valence-electron chi connectivity index (χ3n) is 6.73. The van der Waals surface area contributed by atoms with E-state index in [9.17, 15) is 14.0 Å². The molecule has 2 heterocycles. The summed E-state index contributed by atoms with van der Waals surface area (Å²) in [5.74, 6) is 0.972. The van der Waals surface area contributed by atoms with Gasteiger partial charge in [0.1, 0.15) is 23.9 Å². The van der Waals surface area contributed by atoms with E-state index in [4.69, 9.17) is 9.15 Å². The normalized spacial score (nSPS) is 14.7. The van der Waals surface area contributed by atoms with E-state index in [2.05, 4.69) is 5.32 Å². The Hall–Kier alpha value is -4.39. The Labute approximate surface area is 227 Å². The number of halogens is 1. The second kappa shape index (κ2) is 11.6. The van der Waals surface area contributed by atoms with Crippen LogP contribution >= 0.6 is 0 Å². The lowest BCUT2D eigenvalue weighted by molar-refractivity contribution is -0.134. The van der Waals surface area contributed by atoms with Crippen molar-refractivity contribution in [3.05, 3.63) is 119 Å². The number of hydrogen-bond donors (Lipinski definition) is 1. The lowest BCUT2D eigenvalue weighted by atomic mass is 9.87. The SMILES string of the molecule is CC(C)CC(=O)N1CCc2ccc(OCc3ccc(C(=O)Nc4ccccc4)o3)cc2C1c1ccc(F)cc1. The number of furan rings is 1. The van der Waals surface area contributed by atoms with Crippen LogP contribution in [-0.2, 0) is 17.8 Å². The second-order valence-corrected chi connectivity index (χ2v) is 10.1. The molecule has 7 heteroatoms. The Bertz CT molecular complexity index is 1450. The molecule has 0 aliphatic carbocycles. The van der Waals surface area contributed by atoms with Gasteiger partial charge in [-0.3, -0.25) is 9.59 Å². The van der Waals surface area contributed by atoms with Crippen molar-refractivity contribution >= 4 is 17.5 Å². The van der Waals surface area contributed by atoms with Crippen LogP contribution in [0.25, 0.3) is 0 Å². The molecule has 0 saturated carbocycles. The van der Waals surface area contributed by atoms with Gasteiger partial charge in [0, 0.05) is 18.7 Å². The molecule has 4 aromatic rings. The lowest BCUT2D eigenvalue weighted by Gasteiger charge is -2.38. The molecular formula is C32H31FN2O4. The molecule has 1 unspecified atom stereocenters. The molecule has 0 bridgehead atoms. The Morgan fingerprint density at radius 3 is 2.54 bits per heavy atom. The summed E-state index contributed by atoms with van der Waals surface area (Å²) in [6.07, 6.45) is 1.18. The van der Waals surface area contributed by atoms with E-state index in [0.29, 0.717) is 30.2 Å². The van der Waals surface area contributed by atoms with Gasteiger partial charge in [-0.1, -0.05) is 50.2 Å². The first kappa shape index (κ1) is 26.2. The van der Waals surface area contributed by atoms with E-state index in [1.165, 1.54) is 12.1 Å². The molecule has 3 aromatic carbocycles. The Morgan fingerprint density at radius 2 is 1.79 bits per heavy atom. The summed E-state index contributed by atoms with van der Waals surface area (Å²) in [5, 5.41) is 2.80. The van der Waals surface area contributed by atoms with Gasteiger partial charge in [0.05, 0.1) is 6.04 Å². The molecule has 5 rings (SSSR count). The van der Waals surface area contributed by atoms with Crippen LogP contribution in [0, 0.1) is 11.7 Å². The summed E-state index contributed by atoms with van der Waals surface area (Å²) in [4.78, 5) is 27.6. The molecule has 0 radical (unpaired) electrons. The van der Waals surface area contributed by atoms with Gasteiger partial charge in [-0.25, -0.2) is 4.39 Å². The number of rotatable bonds is 8. The molecule has 1 aromatic heterocycles. The van der Waals surface area contributed by atoms with E-state index >= 15 is 0 Å². The van der Waals surface area contributed by atoms with Crippen LogP contribution in [0.4, 0.5) is 10.1 Å². The molecule has 1 aliphatic rings. The molecule has 1 atom stereocenters. The number of nitrogens with one attached hydrogen (secondary N) is 1. The van der Waals surface area contributed by atoms with E-state index in [1.807, 2.05) is 55.1 Å². The quantitative estimate of drug-likeness (QED) is 0.275. The minimum absolute atomic E-state index is 0.0770. The van der Waals surface area contributed by atoms with Crippen LogP contribution in [0.1, 0.15) is 59.3 Å². The zero-order valence-corrected chi connectivity index (χ0v) is 22.0. The molecule has 200 valence electrons. The van der Waals surface area contributed by atoms with Crippen LogP contribution in [0.2, 0.25) is 0 Å². The third-order valence-corrected chi connectivity index (χ3v) is 6.73. The van der Waals surface area contributed by atoms with Crippen molar-refractivity contribution in [3.8, 4) is 5.75 Å². The number of carbonyl (C=O) groups excluding carboxylic acids is 2. The maximum Gasteiger partial charge on any atom is 0.291 e. The van der Waals surface area contributed by atoms with Crippen LogP contribution in [-0.4, -0.2) is 23.3 Å². The number of amides is 2. The third kappa shape index (κ3) is 6.20. The fourth-order valence-corrected chi connectivity index (χ4v) is 4.87. The van der Waals surface area contributed by atoms with Crippen molar-refractivity contribution in [1.82, 2.24) is 4.90 Å². The maximum absolute atomic E-state index is 13.7. The molecule has 0 spiro atoms. The summed E-state index contributed by atoms with van der Waals surface area (Å²) < 4.78 is 25.5. The highest BCUT2D eigenvalue weighted by Gasteiger charge is 2.32. The number of anilines is 1. The fraction of sp³-hybridized carbons (Fsp3) is 0.250. The largest absolute Gasteiger partial charge is 0.486 e. The molecule has 39 heavy (non-hydrogen) atoms. The number of fused-ring (bicyclic) bond motifs is 1. The first-order valence-electron chi connectivity index (χ1n) is 13.1. The monoisotopic (exact) mass is 526 g/mol. The van der Waals surface area contributed by atoms with Crippen molar-refractivity contribution < 1.29 is 23.1 Å². The van der Waals surface area contributed by atoms with Crippen molar-refractivity contribution in [1.29, 1.82) is 0 Å². The van der Waals surface area contributed by atoms with Crippen molar-refractivity contribution in [3.63, 3.8) is 0 Å². The molecule has 1 aliphatic heterocycles. The number of benzene rings is 3. The van der Waals surface area contributed by atoms with Gasteiger partial charge in [-0.2, -0.15) is 0 Å². The average Bonchev–Trinajstić information content (AvgIpc) is 3.41. The predicted molar refractivity (Wildman–Crippen MR) is 147 cm³/mol. The van der Waals surface area contributed by atoms with Crippen molar-refractivity contribution in [2.24, 2.45) is 5.92 Å². The Balaban J connectivity index is 1.34.